The third kappa shape index (κ3) is 7.06. The van der Waals surface area contributed by atoms with Gasteiger partial charge in [0.25, 0.3) is 0 Å². The number of ether oxygens (including phenoxy) is 2. The van der Waals surface area contributed by atoms with E-state index in [0.717, 1.165) is 30.1 Å². The van der Waals surface area contributed by atoms with Gasteiger partial charge in [0.05, 0.1) is 25.8 Å². The highest BCUT2D eigenvalue weighted by Crippen LogP contribution is 2.23. The molecule has 0 aliphatic heterocycles. The molecule has 0 saturated carbocycles. The minimum absolute atomic E-state index is 0.341. The van der Waals surface area contributed by atoms with Crippen molar-refractivity contribution in [1.29, 1.82) is 0 Å². The van der Waals surface area contributed by atoms with Crippen molar-refractivity contribution in [2.45, 2.75) is 45.4 Å². The maximum absolute atomic E-state index is 5.84. The quantitative estimate of drug-likeness (QED) is 0.556. The smallest absolute Gasteiger partial charge is 0.135 e. The predicted octanol–water partition coefficient (Wildman–Crippen LogP) is 3.74. The van der Waals surface area contributed by atoms with E-state index in [1.54, 1.807) is 7.11 Å². The molecule has 3 nitrogen and oxygen atoms in total. The van der Waals surface area contributed by atoms with E-state index in [0.29, 0.717) is 6.54 Å². The molecule has 1 aromatic carbocycles. The number of nitrogens with two attached hydrogens (primary N) is 1. The van der Waals surface area contributed by atoms with Crippen LogP contribution in [0.4, 0.5) is 0 Å². The van der Waals surface area contributed by atoms with E-state index in [2.05, 4.69) is 18.8 Å². The van der Waals surface area contributed by atoms with Gasteiger partial charge in [-0.15, -0.1) is 0 Å². The monoisotopic (exact) mass is 289 g/mol. The van der Waals surface area contributed by atoms with Crippen LogP contribution in [0.15, 0.2) is 18.2 Å². The Morgan fingerprint density at radius 1 is 1.10 bits per heavy atom. The second kappa shape index (κ2) is 11.0. The molecule has 1 rings (SSSR count). The molecule has 2 N–H and O–H groups in total. The average Bonchev–Trinajstić information content (AvgIpc) is 2.52. The topological polar surface area (TPSA) is 44.5 Å². The summed E-state index contributed by atoms with van der Waals surface area (Å²) in [5.41, 5.74) is 6.27. The first-order valence-electron chi connectivity index (χ1n) is 7.81. The Morgan fingerprint density at radius 3 is 2.57 bits per heavy atom. The van der Waals surface area contributed by atoms with Crippen molar-refractivity contribution in [3.8, 4) is 23.3 Å². The van der Waals surface area contributed by atoms with Crippen molar-refractivity contribution in [3.63, 3.8) is 0 Å². The van der Waals surface area contributed by atoms with Gasteiger partial charge in [-0.1, -0.05) is 50.9 Å². The third-order valence-corrected chi connectivity index (χ3v) is 3.27. The van der Waals surface area contributed by atoms with E-state index < -0.39 is 0 Å². The highest BCUT2D eigenvalue weighted by atomic mass is 16.5. The molecule has 0 fully saturated rings. The zero-order valence-corrected chi connectivity index (χ0v) is 13.3. The normalized spacial score (nSPS) is 9.86. The Bertz CT molecular complexity index is 460. The fourth-order valence-electron chi connectivity index (χ4n) is 2.07. The molecule has 0 aromatic heterocycles. The molecule has 0 amide bonds. The summed E-state index contributed by atoms with van der Waals surface area (Å²) in [5, 5.41) is 0. The second-order valence-corrected chi connectivity index (χ2v) is 4.98. The van der Waals surface area contributed by atoms with Gasteiger partial charge in [0.15, 0.2) is 0 Å². The summed E-state index contributed by atoms with van der Waals surface area (Å²) in [6.07, 6.45) is 7.54. The fourth-order valence-corrected chi connectivity index (χ4v) is 2.07. The van der Waals surface area contributed by atoms with Crippen LogP contribution in [0, 0.1) is 11.8 Å². The van der Waals surface area contributed by atoms with Crippen LogP contribution in [0.3, 0.4) is 0 Å². The van der Waals surface area contributed by atoms with Crippen molar-refractivity contribution in [1.82, 2.24) is 0 Å². The Hall–Kier alpha value is -1.66. The molecule has 21 heavy (non-hydrogen) atoms. The first-order chi connectivity index (χ1) is 10.3. The van der Waals surface area contributed by atoms with E-state index in [9.17, 15) is 0 Å². The lowest BCUT2D eigenvalue weighted by atomic mass is 10.1. The number of methoxy groups -OCH3 is 1. The number of hydrogen-bond acceptors (Lipinski definition) is 3. The zero-order chi connectivity index (χ0) is 15.3. The van der Waals surface area contributed by atoms with Crippen molar-refractivity contribution in [2.75, 3.05) is 20.3 Å². The van der Waals surface area contributed by atoms with Gasteiger partial charge in [-0.3, -0.25) is 0 Å². The maximum atomic E-state index is 5.84. The summed E-state index contributed by atoms with van der Waals surface area (Å²) >= 11 is 0. The van der Waals surface area contributed by atoms with Crippen molar-refractivity contribution in [2.24, 2.45) is 5.73 Å². The maximum Gasteiger partial charge on any atom is 0.135 e. The number of unbranched alkanes of at least 4 members (excludes halogenated alkanes) is 5. The van der Waals surface area contributed by atoms with Crippen molar-refractivity contribution in [3.05, 3.63) is 23.8 Å². The minimum atomic E-state index is 0.341. The summed E-state index contributed by atoms with van der Waals surface area (Å²) in [6.45, 7) is 3.31. The van der Waals surface area contributed by atoms with Crippen LogP contribution in [-0.4, -0.2) is 20.3 Å². The Morgan fingerprint density at radius 2 is 1.86 bits per heavy atom. The van der Waals surface area contributed by atoms with Crippen LogP contribution < -0.4 is 15.2 Å². The van der Waals surface area contributed by atoms with Gasteiger partial charge in [0.1, 0.15) is 11.5 Å². The highest BCUT2D eigenvalue weighted by molar-refractivity contribution is 5.50. The molecule has 0 spiro atoms. The van der Waals surface area contributed by atoms with Crippen molar-refractivity contribution >= 4 is 0 Å². The van der Waals surface area contributed by atoms with Crippen LogP contribution in [-0.2, 0) is 0 Å². The van der Waals surface area contributed by atoms with Crippen LogP contribution >= 0.6 is 0 Å². The Labute approximate surface area is 128 Å². The Balaban J connectivity index is 2.46. The molecule has 0 atom stereocenters. The molecule has 0 unspecified atom stereocenters. The SMILES string of the molecule is CCCCCCCCOc1ccc(OC)cc1C#CCN. The van der Waals surface area contributed by atoms with E-state index in [1.165, 1.54) is 32.1 Å². The molecule has 1 aromatic rings. The predicted molar refractivity (Wildman–Crippen MR) is 87.8 cm³/mol. The molecular weight excluding hydrogens is 262 g/mol. The lowest BCUT2D eigenvalue weighted by molar-refractivity contribution is 0.303. The van der Waals surface area contributed by atoms with Gasteiger partial charge in [0.2, 0.25) is 0 Å². The number of hydrogen-bond donors (Lipinski definition) is 1. The van der Waals surface area contributed by atoms with Gasteiger partial charge in [-0.2, -0.15) is 0 Å². The highest BCUT2D eigenvalue weighted by Gasteiger charge is 2.03. The Kier molecular flexibility index (Phi) is 9.15. The summed E-state index contributed by atoms with van der Waals surface area (Å²) in [7, 11) is 1.65. The largest absolute Gasteiger partial charge is 0.497 e. The van der Waals surface area contributed by atoms with E-state index >= 15 is 0 Å². The fraction of sp³-hybridized carbons (Fsp3) is 0.556. The lowest BCUT2D eigenvalue weighted by Gasteiger charge is -2.09. The third-order valence-electron chi connectivity index (χ3n) is 3.27. The van der Waals surface area contributed by atoms with Gasteiger partial charge in [-0.05, 0) is 24.6 Å². The first kappa shape index (κ1) is 17.4. The van der Waals surface area contributed by atoms with Crippen LogP contribution in [0.1, 0.15) is 51.0 Å². The molecule has 0 saturated heterocycles. The minimum Gasteiger partial charge on any atom is -0.497 e. The molecule has 0 radical (unpaired) electrons. The molecule has 0 heterocycles. The van der Waals surface area contributed by atoms with Crippen LogP contribution in [0.25, 0.3) is 0 Å². The molecular formula is C18H27NO2. The van der Waals surface area contributed by atoms with Gasteiger partial charge in [0, 0.05) is 0 Å². The van der Waals surface area contributed by atoms with Crippen LogP contribution in [0.2, 0.25) is 0 Å². The molecule has 0 bridgehead atoms. The van der Waals surface area contributed by atoms with E-state index in [-0.39, 0.29) is 0 Å². The summed E-state index contributed by atoms with van der Waals surface area (Å²) in [6, 6.07) is 5.69. The number of benzene rings is 1. The average molecular weight is 289 g/mol. The van der Waals surface area contributed by atoms with Gasteiger partial charge in [-0.25, -0.2) is 0 Å². The van der Waals surface area contributed by atoms with Gasteiger partial charge >= 0.3 is 0 Å². The summed E-state index contributed by atoms with van der Waals surface area (Å²) < 4.78 is 11.1. The van der Waals surface area contributed by atoms with E-state index in [1.807, 2.05) is 18.2 Å². The van der Waals surface area contributed by atoms with Crippen molar-refractivity contribution < 1.29 is 9.47 Å². The summed E-state index contributed by atoms with van der Waals surface area (Å²) in [4.78, 5) is 0. The zero-order valence-electron chi connectivity index (χ0n) is 13.3. The van der Waals surface area contributed by atoms with E-state index in [4.69, 9.17) is 15.2 Å². The van der Waals surface area contributed by atoms with Crippen LogP contribution in [0.5, 0.6) is 11.5 Å². The molecule has 116 valence electrons. The standard InChI is InChI=1S/C18H27NO2/c1-3-4-5-6-7-8-14-21-18-12-11-17(20-2)15-16(18)10-9-13-19/h11-12,15H,3-8,13-14,19H2,1-2H3. The lowest BCUT2D eigenvalue weighted by Crippen LogP contribution is -2.00. The molecule has 0 aliphatic rings. The molecule has 0 aliphatic carbocycles. The van der Waals surface area contributed by atoms with Gasteiger partial charge < -0.3 is 15.2 Å². The molecule has 3 heteroatoms. The number of rotatable bonds is 9. The second-order valence-electron chi connectivity index (χ2n) is 4.98. The first-order valence-corrected chi connectivity index (χ1v) is 7.81. The summed E-state index contributed by atoms with van der Waals surface area (Å²) in [5.74, 6) is 7.49.